The lowest BCUT2D eigenvalue weighted by Crippen LogP contribution is -2.44. The Labute approximate surface area is 191 Å². The molecule has 2 amide bonds. The molecule has 31 heavy (non-hydrogen) atoms. The molecule has 7 nitrogen and oxygen atoms in total. The SMILES string of the molecule is O=C(CSc1ccc(N2CCC[C@H](C(=O)NC3CC3)C2)nn1)NCc1ccccc1Cl. The van der Waals surface area contributed by atoms with E-state index in [0.29, 0.717) is 29.2 Å². The monoisotopic (exact) mass is 459 g/mol. The third-order valence-corrected chi connectivity index (χ3v) is 6.74. The third kappa shape index (κ3) is 6.33. The Morgan fingerprint density at radius 3 is 2.71 bits per heavy atom. The molecular formula is C22H26ClN5O2S. The number of halogens is 1. The van der Waals surface area contributed by atoms with Crippen LogP contribution in [0.3, 0.4) is 0 Å². The number of amides is 2. The summed E-state index contributed by atoms with van der Waals surface area (Å²) in [6.07, 6.45) is 4.09. The fourth-order valence-electron chi connectivity index (χ4n) is 3.53. The number of benzene rings is 1. The van der Waals surface area contributed by atoms with Gasteiger partial charge in [-0.05, 0) is 49.4 Å². The van der Waals surface area contributed by atoms with Gasteiger partial charge in [0.15, 0.2) is 5.82 Å². The number of hydrogen-bond donors (Lipinski definition) is 2. The summed E-state index contributed by atoms with van der Waals surface area (Å²) in [6.45, 7) is 1.94. The highest BCUT2D eigenvalue weighted by molar-refractivity contribution is 7.99. The number of nitrogens with one attached hydrogen (secondary N) is 2. The van der Waals surface area contributed by atoms with Crippen molar-refractivity contribution in [2.45, 2.75) is 43.3 Å². The Morgan fingerprint density at radius 2 is 1.97 bits per heavy atom. The standard InChI is InChI=1S/C22H26ClN5O2S/c23-18-6-2-1-4-15(18)12-24-20(29)14-31-21-10-9-19(26-27-21)28-11-3-5-16(13-28)22(30)25-17-7-8-17/h1-2,4,6,9-10,16-17H,3,5,7-8,11-14H2,(H,24,29)(H,25,30)/t16-/m0/s1. The van der Waals surface area contributed by atoms with Gasteiger partial charge >= 0.3 is 0 Å². The van der Waals surface area contributed by atoms with Crippen LogP contribution in [0, 0.1) is 5.92 Å². The van der Waals surface area contributed by atoms with Gasteiger partial charge in [-0.3, -0.25) is 9.59 Å². The molecule has 1 aromatic carbocycles. The maximum atomic E-state index is 12.4. The molecule has 0 unspecified atom stereocenters. The molecule has 2 aliphatic rings. The van der Waals surface area contributed by atoms with Crippen molar-refractivity contribution in [2.24, 2.45) is 5.92 Å². The molecule has 1 atom stereocenters. The van der Waals surface area contributed by atoms with E-state index in [1.54, 1.807) is 6.07 Å². The Morgan fingerprint density at radius 1 is 1.13 bits per heavy atom. The predicted molar refractivity (Wildman–Crippen MR) is 122 cm³/mol. The summed E-state index contributed by atoms with van der Waals surface area (Å²) in [4.78, 5) is 26.6. The van der Waals surface area contributed by atoms with Gasteiger partial charge in [-0.15, -0.1) is 10.2 Å². The minimum atomic E-state index is -0.0867. The molecule has 0 bridgehead atoms. The number of carbonyl (C=O) groups is 2. The summed E-state index contributed by atoms with van der Waals surface area (Å²) in [6, 6.07) is 11.6. The Balaban J connectivity index is 1.23. The van der Waals surface area contributed by atoms with Crippen LogP contribution < -0.4 is 15.5 Å². The normalized spacial score (nSPS) is 18.5. The third-order valence-electron chi connectivity index (χ3n) is 5.45. The minimum absolute atomic E-state index is 0.00650. The lowest BCUT2D eigenvalue weighted by Gasteiger charge is -2.32. The lowest BCUT2D eigenvalue weighted by molar-refractivity contribution is -0.125. The van der Waals surface area contributed by atoms with Crippen LogP contribution in [0.15, 0.2) is 41.4 Å². The summed E-state index contributed by atoms with van der Waals surface area (Å²) in [5, 5.41) is 15.9. The van der Waals surface area contributed by atoms with Crippen molar-refractivity contribution in [1.82, 2.24) is 20.8 Å². The molecule has 9 heteroatoms. The highest BCUT2D eigenvalue weighted by Crippen LogP contribution is 2.25. The Bertz CT molecular complexity index is 922. The van der Waals surface area contributed by atoms with E-state index in [-0.39, 0.29) is 23.5 Å². The Hall–Kier alpha value is -2.32. The maximum absolute atomic E-state index is 12.4. The molecule has 164 valence electrons. The summed E-state index contributed by atoms with van der Waals surface area (Å²) >= 11 is 7.45. The number of aromatic nitrogens is 2. The first-order valence-corrected chi connectivity index (χ1v) is 12.0. The van der Waals surface area contributed by atoms with Crippen molar-refractivity contribution in [2.75, 3.05) is 23.7 Å². The molecule has 4 rings (SSSR count). The van der Waals surface area contributed by atoms with Gasteiger partial charge in [-0.2, -0.15) is 0 Å². The molecule has 1 saturated carbocycles. The van der Waals surface area contributed by atoms with E-state index in [9.17, 15) is 9.59 Å². The number of hydrogen-bond acceptors (Lipinski definition) is 6. The second-order valence-electron chi connectivity index (χ2n) is 7.95. The maximum Gasteiger partial charge on any atom is 0.230 e. The van der Waals surface area contributed by atoms with E-state index in [4.69, 9.17) is 11.6 Å². The summed E-state index contributed by atoms with van der Waals surface area (Å²) in [7, 11) is 0. The molecular weight excluding hydrogens is 434 g/mol. The van der Waals surface area contributed by atoms with Crippen LogP contribution in [0.2, 0.25) is 5.02 Å². The predicted octanol–water partition coefficient (Wildman–Crippen LogP) is 3.03. The zero-order valence-corrected chi connectivity index (χ0v) is 18.8. The summed E-state index contributed by atoms with van der Waals surface area (Å²) in [5.41, 5.74) is 0.886. The van der Waals surface area contributed by atoms with Gasteiger partial charge in [-0.1, -0.05) is 41.6 Å². The molecule has 0 spiro atoms. The van der Waals surface area contributed by atoms with Crippen molar-refractivity contribution < 1.29 is 9.59 Å². The van der Waals surface area contributed by atoms with E-state index >= 15 is 0 Å². The van der Waals surface area contributed by atoms with Crippen LogP contribution in [0.5, 0.6) is 0 Å². The largest absolute Gasteiger partial charge is 0.354 e. The molecule has 2 aromatic rings. The van der Waals surface area contributed by atoms with Gasteiger partial charge in [0.2, 0.25) is 11.8 Å². The summed E-state index contributed by atoms with van der Waals surface area (Å²) < 4.78 is 0. The van der Waals surface area contributed by atoms with Gasteiger partial charge in [0.1, 0.15) is 5.03 Å². The van der Waals surface area contributed by atoms with Gasteiger partial charge < -0.3 is 15.5 Å². The molecule has 1 aliphatic heterocycles. The van der Waals surface area contributed by atoms with Crippen molar-refractivity contribution in [3.8, 4) is 0 Å². The van der Waals surface area contributed by atoms with Gasteiger partial charge in [0.25, 0.3) is 0 Å². The van der Waals surface area contributed by atoms with E-state index in [1.165, 1.54) is 11.8 Å². The molecule has 1 saturated heterocycles. The first-order valence-electron chi connectivity index (χ1n) is 10.6. The van der Waals surface area contributed by atoms with Gasteiger partial charge in [0, 0.05) is 30.7 Å². The fourth-order valence-corrected chi connectivity index (χ4v) is 4.38. The van der Waals surface area contributed by atoms with Gasteiger partial charge in [0.05, 0.1) is 11.7 Å². The average Bonchev–Trinajstić information content (AvgIpc) is 3.61. The molecule has 1 aromatic heterocycles. The second-order valence-corrected chi connectivity index (χ2v) is 9.36. The molecule has 2 fully saturated rings. The number of piperidine rings is 1. The highest BCUT2D eigenvalue weighted by atomic mass is 35.5. The summed E-state index contributed by atoms with van der Waals surface area (Å²) in [5.74, 6) is 1.11. The van der Waals surface area contributed by atoms with Crippen LogP contribution in [0.4, 0.5) is 5.82 Å². The van der Waals surface area contributed by atoms with E-state index < -0.39 is 0 Å². The molecule has 2 N–H and O–H groups in total. The fraction of sp³-hybridized carbons (Fsp3) is 0.455. The van der Waals surface area contributed by atoms with Crippen LogP contribution in [0.25, 0.3) is 0 Å². The number of carbonyl (C=O) groups excluding carboxylic acids is 2. The quantitative estimate of drug-likeness (QED) is 0.590. The van der Waals surface area contributed by atoms with E-state index in [2.05, 4.69) is 25.7 Å². The molecule has 2 heterocycles. The van der Waals surface area contributed by atoms with Crippen molar-refractivity contribution >= 4 is 41.0 Å². The number of thioether (sulfide) groups is 1. The number of anilines is 1. The van der Waals surface area contributed by atoms with Crippen molar-refractivity contribution in [3.05, 3.63) is 47.0 Å². The smallest absolute Gasteiger partial charge is 0.230 e. The van der Waals surface area contributed by atoms with Gasteiger partial charge in [-0.25, -0.2) is 0 Å². The van der Waals surface area contributed by atoms with Crippen molar-refractivity contribution in [3.63, 3.8) is 0 Å². The second kappa shape index (κ2) is 10.3. The zero-order valence-electron chi connectivity index (χ0n) is 17.2. The molecule has 1 aliphatic carbocycles. The first kappa shape index (κ1) is 21.9. The topological polar surface area (TPSA) is 87.2 Å². The van der Waals surface area contributed by atoms with Crippen LogP contribution in [0.1, 0.15) is 31.2 Å². The lowest BCUT2D eigenvalue weighted by atomic mass is 9.97. The number of nitrogens with zero attached hydrogens (tertiary/aromatic N) is 3. The molecule has 0 radical (unpaired) electrons. The van der Waals surface area contributed by atoms with E-state index in [0.717, 1.165) is 43.6 Å². The van der Waals surface area contributed by atoms with E-state index in [1.807, 2.05) is 30.3 Å². The highest BCUT2D eigenvalue weighted by Gasteiger charge is 2.30. The Kier molecular flexibility index (Phi) is 7.29. The van der Waals surface area contributed by atoms with Crippen LogP contribution >= 0.6 is 23.4 Å². The average molecular weight is 460 g/mol. The van der Waals surface area contributed by atoms with Crippen LogP contribution in [-0.4, -0.2) is 46.9 Å². The minimum Gasteiger partial charge on any atom is -0.354 e. The zero-order chi connectivity index (χ0) is 21.6. The van der Waals surface area contributed by atoms with Crippen LogP contribution in [-0.2, 0) is 16.1 Å². The van der Waals surface area contributed by atoms with Crippen molar-refractivity contribution in [1.29, 1.82) is 0 Å². The first-order chi connectivity index (χ1) is 15.1. The number of rotatable bonds is 8.